The van der Waals surface area contributed by atoms with Gasteiger partial charge in [-0.3, -0.25) is 24.2 Å². The number of fused-ring (bicyclic) bond motifs is 1. The largest absolute Gasteiger partial charge is 0.481 e. The second-order valence-corrected chi connectivity index (χ2v) is 9.74. The fourth-order valence-electron chi connectivity index (χ4n) is 4.13. The first kappa shape index (κ1) is 33.5. The number of H-pyrrole nitrogens is 1. The minimum Gasteiger partial charge on any atom is -0.481 e. The van der Waals surface area contributed by atoms with Crippen LogP contribution in [0.15, 0.2) is 35.5 Å². The molecule has 0 radical (unpaired) electrons. The number of rotatable bonds is 17. The fourth-order valence-corrected chi connectivity index (χ4v) is 4.13. The quantitative estimate of drug-likeness (QED) is 0.0539. The highest BCUT2D eigenvalue weighted by molar-refractivity contribution is 5.94. The van der Waals surface area contributed by atoms with Crippen LogP contribution in [0.1, 0.15) is 38.2 Å². The highest BCUT2D eigenvalue weighted by Gasteiger charge is 2.32. The number of aliphatic imine (C=N–C) groups is 1. The van der Waals surface area contributed by atoms with Gasteiger partial charge in [0.1, 0.15) is 18.1 Å². The summed E-state index contributed by atoms with van der Waals surface area (Å²) in [6.45, 7) is 1.35. The van der Waals surface area contributed by atoms with Crippen LogP contribution in [0.2, 0.25) is 0 Å². The summed E-state index contributed by atoms with van der Waals surface area (Å²) in [7, 11) is 0. The number of carbonyl (C=O) groups excluding carboxylic acids is 3. The zero-order chi connectivity index (χ0) is 31.4. The Labute approximate surface area is 241 Å². The number of aliphatic hydroxyl groups excluding tert-OH is 1. The average Bonchev–Trinajstić information content (AvgIpc) is 3.32. The van der Waals surface area contributed by atoms with E-state index < -0.39 is 72.8 Å². The van der Waals surface area contributed by atoms with Gasteiger partial charge in [-0.05, 0) is 44.2 Å². The number of carboxylic acids is 2. The molecule has 0 saturated heterocycles. The van der Waals surface area contributed by atoms with E-state index in [1.807, 2.05) is 24.3 Å². The van der Waals surface area contributed by atoms with Gasteiger partial charge in [0.15, 0.2) is 5.96 Å². The molecular formula is C26H38N8O8. The number of nitrogens with two attached hydrogens (primary N) is 3. The molecule has 1 aromatic carbocycles. The highest BCUT2D eigenvalue weighted by atomic mass is 16.4. The van der Waals surface area contributed by atoms with Gasteiger partial charge in [0.05, 0.1) is 12.1 Å². The number of carboxylic acid groups (broad SMARTS) is 2. The Bertz CT molecular complexity index is 1290. The number of nitrogens with zero attached hydrogens (tertiary/aromatic N) is 1. The van der Waals surface area contributed by atoms with E-state index in [0.29, 0.717) is 0 Å². The summed E-state index contributed by atoms with van der Waals surface area (Å²) in [5.74, 6) is -5.49. The van der Waals surface area contributed by atoms with Gasteiger partial charge in [-0.2, -0.15) is 0 Å². The minimum absolute atomic E-state index is 0.0554. The van der Waals surface area contributed by atoms with Crippen LogP contribution >= 0.6 is 0 Å². The summed E-state index contributed by atoms with van der Waals surface area (Å²) in [5.41, 5.74) is 18.4. The predicted octanol–water partition coefficient (Wildman–Crippen LogP) is -2.12. The van der Waals surface area contributed by atoms with Crippen LogP contribution in [0.3, 0.4) is 0 Å². The molecule has 230 valence electrons. The lowest BCUT2D eigenvalue weighted by Gasteiger charge is -2.26. The van der Waals surface area contributed by atoms with E-state index in [1.54, 1.807) is 6.20 Å². The number of hydrogen-bond acceptors (Lipinski definition) is 8. The van der Waals surface area contributed by atoms with Gasteiger partial charge in [-0.25, -0.2) is 4.79 Å². The molecule has 0 saturated carbocycles. The molecule has 1 heterocycles. The molecule has 1 aromatic heterocycles. The standard InChI is InChI=1S/C26H38N8O8/c1-13(35)21(34-22(38)16(27)11-14-12-31-17-6-3-2-5-15(14)17)24(40)32-18(7-4-10-30-26(28)29)23(39)33-19(25(41)42)8-9-20(36)37/h2-3,5-6,12-13,16,18-19,21,31,35H,4,7-11,27H2,1H3,(H,32,40)(H,33,39)(H,34,38)(H,36,37)(H,41,42)(H4,28,29,30). The van der Waals surface area contributed by atoms with Crippen molar-refractivity contribution in [2.75, 3.05) is 6.54 Å². The van der Waals surface area contributed by atoms with Gasteiger partial charge >= 0.3 is 11.9 Å². The molecule has 3 amide bonds. The highest BCUT2D eigenvalue weighted by Crippen LogP contribution is 2.19. The molecule has 0 fully saturated rings. The Hall–Kier alpha value is -4.70. The molecule has 13 N–H and O–H groups in total. The number of aliphatic hydroxyl groups is 1. The summed E-state index contributed by atoms with van der Waals surface area (Å²) >= 11 is 0. The third-order valence-electron chi connectivity index (χ3n) is 6.35. The number of guanidine groups is 1. The van der Waals surface area contributed by atoms with E-state index in [0.717, 1.165) is 16.5 Å². The Morgan fingerprint density at radius 3 is 2.24 bits per heavy atom. The third kappa shape index (κ3) is 10.4. The maximum Gasteiger partial charge on any atom is 0.326 e. The van der Waals surface area contributed by atoms with E-state index in [4.69, 9.17) is 22.3 Å². The number of aliphatic carboxylic acids is 2. The molecule has 42 heavy (non-hydrogen) atoms. The van der Waals surface area contributed by atoms with Crippen molar-refractivity contribution < 1.29 is 39.3 Å². The smallest absolute Gasteiger partial charge is 0.326 e. The molecule has 5 atom stereocenters. The first-order chi connectivity index (χ1) is 19.8. The zero-order valence-electron chi connectivity index (χ0n) is 23.1. The molecule has 16 heteroatoms. The third-order valence-corrected chi connectivity index (χ3v) is 6.35. The monoisotopic (exact) mass is 590 g/mol. The normalized spacial score (nSPS) is 14.5. The molecule has 2 aromatic rings. The lowest BCUT2D eigenvalue weighted by atomic mass is 10.0. The maximum atomic E-state index is 13.2. The Morgan fingerprint density at radius 1 is 0.952 bits per heavy atom. The van der Waals surface area contributed by atoms with Gasteiger partial charge < -0.3 is 53.5 Å². The Balaban J connectivity index is 2.13. The van der Waals surface area contributed by atoms with Crippen molar-refractivity contribution in [2.24, 2.45) is 22.2 Å². The summed E-state index contributed by atoms with van der Waals surface area (Å²) in [4.78, 5) is 68.4. The van der Waals surface area contributed by atoms with E-state index in [9.17, 15) is 34.2 Å². The van der Waals surface area contributed by atoms with Crippen molar-refractivity contribution in [1.82, 2.24) is 20.9 Å². The molecule has 0 aliphatic rings. The molecule has 5 unspecified atom stereocenters. The first-order valence-electron chi connectivity index (χ1n) is 13.2. The number of nitrogens with one attached hydrogen (secondary N) is 4. The van der Waals surface area contributed by atoms with E-state index in [-0.39, 0.29) is 31.8 Å². The minimum atomic E-state index is -1.54. The molecule has 16 nitrogen and oxygen atoms in total. The van der Waals surface area contributed by atoms with Crippen LogP contribution < -0.4 is 33.2 Å². The summed E-state index contributed by atoms with van der Waals surface area (Å²) in [5, 5.41) is 36.5. The number of amides is 3. The molecule has 0 aliphatic heterocycles. The second kappa shape index (κ2) is 15.9. The van der Waals surface area contributed by atoms with Crippen LogP contribution in [0.25, 0.3) is 10.9 Å². The molecule has 2 rings (SSSR count). The number of aromatic amines is 1. The lowest BCUT2D eigenvalue weighted by Crippen LogP contribution is -2.60. The number of benzene rings is 1. The van der Waals surface area contributed by atoms with E-state index in [2.05, 4.69) is 25.9 Å². The number of aromatic nitrogens is 1. The van der Waals surface area contributed by atoms with Crippen LogP contribution in [0.4, 0.5) is 0 Å². The van der Waals surface area contributed by atoms with Crippen molar-refractivity contribution >= 4 is 46.5 Å². The van der Waals surface area contributed by atoms with Crippen LogP contribution in [-0.2, 0) is 30.4 Å². The molecule has 0 spiro atoms. The average molecular weight is 591 g/mol. The van der Waals surface area contributed by atoms with Gasteiger partial charge in [0, 0.05) is 30.1 Å². The van der Waals surface area contributed by atoms with E-state index >= 15 is 0 Å². The maximum absolute atomic E-state index is 13.2. The zero-order valence-corrected chi connectivity index (χ0v) is 23.1. The van der Waals surface area contributed by atoms with Gasteiger partial charge in [0.2, 0.25) is 17.7 Å². The first-order valence-corrected chi connectivity index (χ1v) is 13.2. The van der Waals surface area contributed by atoms with Crippen LogP contribution in [0.5, 0.6) is 0 Å². The second-order valence-electron chi connectivity index (χ2n) is 9.74. The lowest BCUT2D eigenvalue weighted by molar-refractivity contribution is -0.143. The van der Waals surface area contributed by atoms with Crippen molar-refractivity contribution in [1.29, 1.82) is 0 Å². The topological polar surface area (TPSA) is 288 Å². The number of hydrogen-bond donors (Lipinski definition) is 10. The predicted molar refractivity (Wildman–Crippen MR) is 152 cm³/mol. The number of para-hydroxylation sites is 1. The molecular weight excluding hydrogens is 552 g/mol. The van der Waals surface area contributed by atoms with Crippen molar-refractivity contribution in [3.05, 3.63) is 36.0 Å². The van der Waals surface area contributed by atoms with Gasteiger partial charge in [-0.15, -0.1) is 0 Å². The van der Waals surface area contributed by atoms with Crippen molar-refractivity contribution in [3.63, 3.8) is 0 Å². The number of carbonyl (C=O) groups is 5. The van der Waals surface area contributed by atoms with Crippen LogP contribution in [0, 0.1) is 0 Å². The summed E-state index contributed by atoms with van der Waals surface area (Å²) in [6.07, 6.45) is -0.332. The summed E-state index contributed by atoms with van der Waals surface area (Å²) in [6, 6.07) is 1.96. The van der Waals surface area contributed by atoms with Crippen molar-refractivity contribution in [3.8, 4) is 0 Å². The van der Waals surface area contributed by atoms with Crippen molar-refractivity contribution in [2.45, 2.75) is 69.3 Å². The fraction of sp³-hybridized carbons (Fsp3) is 0.462. The molecule has 0 bridgehead atoms. The Morgan fingerprint density at radius 2 is 1.62 bits per heavy atom. The van der Waals surface area contributed by atoms with Gasteiger partial charge in [-0.1, -0.05) is 18.2 Å². The van der Waals surface area contributed by atoms with Gasteiger partial charge in [0.25, 0.3) is 0 Å². The Kier molecular flexibility index (Phi) is 12.7. The summed E-state index contributed by atoms with van der Waals surface area (Å²) < 4.78 is 0. The SMILES string of the molecule is CC(O)C(NC(=O)C(N)Cc1c[nH]c2ccccc12)C(=O)NC(CCCN=C(N)N)C(=O)NC(CCC(=O)O)C(=O)O. The molecule has 0 aliphatic carbocycles. The van der Waals surface area contributed by atoms with E-state index in [1.165, 1.54) is 6.92 Å². The van der Waals surface area contributed by atoms with Crippen LogP contribution in [-0.4, -0.2) is 92.7 Å².